The zero-order chi connectivity index (χ0) is 18.1. The van der Waals surface area contributed by atoms with Crippen LogP contribution in [0.15, 0.2) is 53.3 Å². The van der Waals surface area contributed by atoms with Crippen molar-refractivity contribution in [1.29, 1.82) is 0 Å². The van der Waals surface area contributed by atoms with E-state index in [1.807, 2.05) is 0 Å². The fourth-order valence-electron chi connectivity index (χ4n) is 2.49. The first-order valence-electron chi connectivity index (χ1n) is 7.25. The predicted octanol–water partition coefficient (Wildman–Crippen LogP) is 2.40. The molecule has 2 N–H and O–H groups in total. The van der Waals surface area contributed by atoms with Gasteiger partial charge in [0.25, 0.3) is 17.2 Å². The Hall–Kier alpha value is -3.68. The lowest BCUT2D eigenvalue weighted by atomic mass is 10.1. The fraction of sp³-hybridized carbons (Fsp3) is 0.0588. The van der Waals surface area contributed by atoms with Crippen molar-refractivity contribution in [3.05, 3.63) is 74.6 Å². The van der Waals surface area contributed by atoms with Crippen LogP contribution in [0.5, 0.6) is 5.75 Å². The average Bonchev–Trinajstić information content (AvgIpc) is 2.59. The summed E-state index contributed by atoms with van der Waals surface area (Å²) in [6.07, 6.45) is 0. The lowest BCUT2D eigenvalue weighted by Crippen LogP contribution is -2.27. The second kappa shape index (κ2) is 6.08. The number of rotatable bonds is 3. The minimum absolute atomic E-state index is 0.0481. The summed E-state index contributed by atoms with van der Waals surface area (Å²) < 4.78 is 1.27. The van der Waals surface area contributed by atoms with Crippen molar-refractivity contribution in [1.82, 2.24) is 4.57 Å². The highest BCUT2D eigenvalue weighted by atomic mass is 16.6. The van der Waals surface area contributed by atoms with Gasteiger partial charge in [-0.15, -0.1) is 0 Å². The molecule has 0 aliphatic rings. The van der Waals surface area contributed by atoms with Crippen LogP contribution in [0.4, 0.5) is 11.4 Å². The van der Waals surface area contributed by atoms with Gasteiger partial charge in [-0.1, -0.05) is 0 Å². The van der Waals surface area contributed by atoms with Gasteiger partial charge in [0.2, 0.25) is 0 Å². The van der Waals surface area contributed by atoms with E-state index in [1.54, 1.807) is 0 Å². The number of non-ortho nitro benzene ring substituents is 1. The number of aromatic hydroxyl groups is 1. The van der Waals surface area contributed by atoms with Gasteiger partial charge in [-0.05, 0) is 36.4 Å². The third kappa shape index (κ3) is 3.05. The molecule has 0 fully saturated rings. The summed E-state index contributed by atoms with van der Waals surface area (Å²) in [6, 6.07) is 11.2. The Balaban J connectivity index is 2.06. The van der Waals surface area contributed by atoms with Crippen LogP contribution in [-0.2, 0) is 7.05 Å². The number of nitrogens with zero attached hydrogens (tertiary/aromatic N) is 2. The van der Waals surface area contributed by atoms with Crippen molar-refractivity contribution >= 4 is 28.2 Å². The molecule has 0 saturated carbocycles. The highest BCUT2D eigenvalue weighted by Gasteiger charge is 2.16. The molecule has 0 saturated heterocycles. The van der Waals surface area contributed by atoms with Crippen molar-refractivity contribution < 1.29 is 14.8 Å². The van der Waals surface area contributed by atoms with Crippen molar-refractivity contribution in [2.75, 3.05) is 5.32 Å². The minimum Gasteiger partial charge on any atom is -0.508 e. The van der Waals surface area contributed by atoms with Crippen molar-refractivity contribution in [2.24, 2.45) is 7.05 Å². The molecule has 126 valence electrons. The van der Waals surface area contributed by atoms with Crippen LogP contribution < -0.4 is 10.9 Å². The summed E-state index contributed by atoms with van der Waals surface area (Å²) in [5.74, 6) is -0.591. The molecule has 2 aromatic carbocycles. The van der Waals surface area contributed by atoms with Crippen LogP contribution in [0.3, 0.4) is 0 Å². The second-order valence-corrected chi connectivity index (χ2v) is 5.42. The summed E-state index contributed by atoms with van der Waals surface area (Å²) in [4.78, 5) is 35.2. The summed E-state index contributed by atoms with van der Waals surface area (Å²) in [5, 5.41) is 23.1. The summed E-state index contributed by atoms with van der Waals surface area (Å²) in [7, 11) is 1.49. The van der Waals surface area contributed by atoms with E-state index in [9.17, 15) is 24.8 Å². The lowest BCUT2D eigenvalue weighted by molar-refractivity contribution is -0.384. The van der Waals surface area contributed by atoms with E-state index in [0.29, 0.717) is 16.6 Å². The largest absolute Gasteiger partial charge is 0.508 e. The normalized spacial score (nSPS) is 10.6. The van der Waals surface area contributed by atoms with E-state index in [1.165, 1.54) is 60.1 Å². The van der Waals surface area contributed by atoms with Gasteiger partial charge in [0.15, 0.2) is 0 Å². The van der Waals surface area contributed by atoms with E-state index < -0.39 is 16.4 Å². The second-order valence-electron chi connectivity index (χ2n) is 5.42. The first kappa shape index (κ1) is 16.2. The number of aryl methyl sites for hydroxylation is 1. The first-order chi connectivity index (χ1) is 11.9. The molecule has 1 aromatic heterocycles. The number of carbonyl (C=O) groups excluding carboxylic acids is 1. The highest BCUT2D eigenvalue weighted by Crippen LogP contribution is 2.21. The summed E-state index contributed by atoms with van der Waals surface area (Å²) in [6.45, 7) is 0. The molecular weight excluding hydrogens is 326 g/mol. The molecule has 1 heterocycles. The van der Waals surface area contributed by atoms with Crippen LogP contribution in [0.2, 0.25) is 0 Å². The van der Waals surface area contributed by atoms with E-state index in [4.69, 9.17) is 0 Å². The topological polar surface area (TPSA) is 114 Å². The number of hydrogen-bond acceptors (Lipinski definition) is 5. The number of aromatic nitrogens is 1. The maximum absolute atomic E-state index is 12.4. The summed E-state index contributed by atoms with van der Waals surface area (Å²) >= 11 is 0. The standard InChI is InChI=1S/C17H13N3O5/c1-19-15-7-4-12(20(24)25)8-10(15)9-14(17(19)23)16(22)18-11-2-5-13(21)6-3-11/h2-9,21H,1H3,(H,18,22). The molecule has 0 bridgehead atoms. The number of anilines is 1. The maximum atomic E-state index is 12.4. The van der Waals surface area contributed by atoms with Gasteiger partial charge < -0.3 is 15.0 Å². The Morgan fingerprint density at radius 2 is 1.84 bits per heavy atom. The third-order valence-corrected chi connectivity index (χ3v) is 3.79. The predicted molar refractivity (Wildman–Crippen MR) is 91.9 cm³/mol. The highest BCUT2D eigenvalue weighted by molar-refractivity contribution is 6.05. The number of fused-ring (bicyclic) bond motifs is 1. The molecule has 25 heavy (non-hydrogen) atoms. The number of carbonyl (C=O) groups is 1. The number of nitro groups is 1. The lowest BCUT2D eigenvalue weighted by Gasteiger charge is -2.09. The molecular formula is C17H13N3O5. The Labute approximate surface area is 141 Å². The van der Waals surface area contributed by atoms with Crippen molar-refractivity contribution in [2.45, 2.75) is 0 Å². The number of benzene rings is 2. The number of amides is 1. The van der Waals surface area contributed by atoms with Gasteiger partial charge in [-0.25, -0.2) is 0 Å². The Kier molecular flexibility index (Phi) is 3.94. The van der Waals surface area contributed by atoms with Gasteiger partial charge >= 0.3 is 0 Å². The first-order valence-corrected chi connectivity index (χ1v) is 7.25. The Morgan fingerprint density at radius 1 is 1.16 bits per heavy atom. The van der Waals surface area contributed by atoms with Crippen molar-refractivity contribution in [3.8, 4) is 5.75 Å². The van der Waals surface area contributed by atoms with Gasteiger partial charge in [-0.3, -0.25) is 19.7 Å². The zero-order valence-electron chi connectivity index (χ0n) is 13.1. The molecule has 0 radical (unpaired) electrons. The molecule has 0 aliphatic heterocycles. The molecule has 0 unspecified atom stereocenters. The molecule has 3 aromatic rings. The van der Waals surface area contributed by atoms with Crippen LogP contribution in [0, 0.1) is 10.1 Å². The summed E-state index contributed by atoms with van der Waals surface area (Å²) in [5.41, 5.74) is 0.109. The number of hydrogen-bond donors (Lipinski definition) is 2. The Morgan fingerprint density at radius 3 is 2.48 bits per heavy atom. The average molecular weight is 339 g/mol. The van der Waals surface area contributed by atoms with Crippen LogP contribution in [-0.4, -0.2) is 20.5 Å². The third-order valence-electron chi connectivity index (χ3n) is 3.79. The van der Waals surface area contributed by atoms with E-state index >= 15 is 0 Å². The van der Waals surface area contributed by atoms with Gasteiger partial charge in [-0.2, -0.15) is 0 Å². The number of nitrogens with one attached hydrogen (secondary N) is 1. The smallest absolute Gasteiger partial charge is 0.270 e. The number of phenols is 1. The van der Waals surface area contributed by atoms with Gasteiger partial charge in [0, 0.05) is 30.3 Å². The zero-order valence-corrected chi connectivity index (χ0v) is 13.1. The number of nitro benzene ring substituents is 1. The van der Waals surface area contributed by atoms with Crippen LogP contribution >= 0.6 is 0 Å². The minimum atomic E-state index is -0.639. The van der Waals surface area contributed by atoms with E-state index in [-0.39, 0.29) is 17.0 Å². The van der Waals surface area contributed by atoms with Gasteiger partial charge in [0.1, 0.15) is 11.3 Å². The van der Waals surface area contributed by atoms with E-state index in [2.05, 4.69) is 5.32 Å². The van der Waals surface area contributed by atoms with Crippen LogP contribution in [0.1, 0.15) is 10.4 Å². The molecule has 0 spiro atoms. The monoisotopic (exact) mass is 339 g/mol. The molecule has 0 atom stereocenters. The maximum Gasteiger partial charge on any atom is 0.270 e. The van der Waals surface area contributed by atoms with Crippen molar-refractivity contribution in [3.63, 3.8) is 0 Å². The number of phenolic OH excluding ortho intramolecular Hbond substituents is 1. The van der Waals surface area contributed by atoms with Crippen LogP contribution in [0.25, 0.3) is 10.9 Å². The molecule has 1 amide bonds. The Bertz CT molecular complexity index is 1050. The quantitative estimate of drug-likeness (QED) is 0.432. The molecule has 3 rings (SSSR count). The molecule has 0 aliphatic carbocycles. The molecule has 8 nitrogen and oxygen atoms in total. The van der Waals surface area contributed by atoms with Gasteiger partial charge in [0.05, 0.1) is 10.4 Å². The number of pyridine rings is 1. The molecule has 8 heteroatoms. The fourth-order valence-corrected chi connectivity index (χ4v) is 2.49. The van der Waals surface area contributed by atoms with E-state index in [0.717, 1.165) is 0 Å². The SMILES string of the molecule is Cn1c(=O)c(C(=O)Nc2ccc(O)cc2)cc2cc([N+](=O)[O-])ccc21.